The van der Waals surface area contributed by atoms with Gasteiger partial charge in [0.2, 0.25) is 0 Å². The summed E-state index contributed by atoms with van der Waals surface area (Å²) in [5, 5.41) is 2.47. The van der Waals surface area contributed by atoms with Crippen molar-refractivity contribution < 1.29 is 0 Å². The summed E-state index contributed by atoms with van der Waals surface area (Å²) in [5.74, 6) is 5.77. The van der Waals surface area contributed by atoms with Crippen LogP contribution >= 0.6 is 22.9 Å². The van der Waals surface area contributed by atoms with Gasteiger partial charge in [-0.15, -0.1) is 11.3 Å². The van der Waals surface area contributed by atoms with Crippen LogP contribution in [0.25, 0.3) is 10.8 Å². The predicted octanol–water partition coefficient (Wildman–Crippen LogP) is 4.30. The highest BCUT2D eigenvalue weighted by Crippen LogP contribution is 2.29. The van der Waals surface area contributed by atoms with Crippen molar-refractivity contribution in [3.63, 3.8) is 0 Å². The van der Waals surface area contributed by atoms with Crippen LogP contribution in [-0.4, -0.2) is 0 Å². The highest BCUT2D eigenvalue weighted by Gasteiger charge is 2.14. The average Bonchev–Trinajstić information content (AvgIpc) is 2.89. The summed E-state index contributed by atoms with van der Waals surface area (Å²) in [6.07, 6.45) is 0.835. The highest BCUT2D eigenvalue weighted by molar-refractivity contribution is 7.16. The Morgan fingerprint density at radius 3 is 2.60 bits per heavy atom. The zero-order chi connectivity index (χ0) is 13.9. The maximum absolute atomic E-state index is 5.99. The smallest absolute Gasteiger partial charge is 0.0931 e. The molecule has 3 aromatic rings. The van der Waals surface area contributed by atoms with Gasteiger partial charge in [-0.2, -0.15) is 0 Å². The van der Waals surface area contributed by atoms with E-state index in [1.54, 1.807) is 11.3 Å². The third-order valence-corrected chi connectivity index (χ3v) is 4.69. The molecule has 1 heterocycles. The van der Waals surface area contributed by atoms with E-state index < -0.39 is 0 Å². The van der Waals surface area contributed by atoms with Crippen molar-refractivity contribution >= 4 is 33.7 Å². The molecule has 1 atom stereocenters. The molecule has 1 aromatic heterocycles. The molecule has 0 aliphatic rings. The van der Waals surface area contributed by atoms with Crippen LogP contribution in [0.2, 0.25) is 4.34 Å². The van der Waals surface area contributed by atoms with E-state index in [0.29, 0.717) is 0 Å². The van der Waals surface area contributed by atoms with Gasteiger partial charge in [0.05, 0.1) is 10.4 Å². The van der Waals surface area contributed by atoms with Gasteiger partial charge in [0.25, 0.3) is 0 Å². The SMILES string of the molecule is NNC(Cc1ccc(Cl)s1)c1cccc2ccccc12. The third-order valence-electron chi connectivity index (χ3n) is 3.43. The van der Waals surface area contributed by atoms with Gasteiger partial charge in [0, 0.05) is 11.3 Å². The van der Waals surface area contributed by atoms with E-state index in [1.165, 1.54) is 21.2 Å². The van der Waals surface area contributed by atoms with Crippen LogP contribution in [0.3, 0.4) is 0 Å². The van der Waals surface area contributed by atoms with E-state index >= 15 is 0 Å². The fourth-order valence-electron chi connectivity index (χ4n) is 2.48. The Kier molecular flexibility index (Phi) is 4.03. The predicted molar refractivity (Wildman–Crippen MR) is 87.0 cm³/mol. The molecule has 2 nitrogen and oxygen atoms in total. The second-order valence-electron chi connectivity index (χ2n) is 4.70. The first-order valence-corrected chi connectivity index (χ1v) is 7.65. The second-order valence-corrected chi connectivity index (χ2v) is 6.50. The molecule has 0 bridgehead atoms. The lowest BCUT2D eigenvalue weighted by Gasteiger charge is -2.17. The molecule has 1 unspecified atom stereocenters. The molecule has 0 radical (unpaired) electrons. The normalized spacial score (nSPS) is 12.7. The first-order chi connectivity index (χ1) is 9.78. The van der Waals surface area contributed by atoms with Gasteiger partial charge >= 0.3 is 0 Å². The number of rotatable bonds is 4. The fraction of sp³-hybridized carbons (Fsp3) is 0.125. The lowest BCUT2D eigenvalue weighted by molar-refractivity contribution is 0.559. The molecule has 0 saturated carbocycles. The summed E-state index contributed by atoms with van der Waals surface area (Å²) in [4.78, 5) is 1.23. The van der Waals surface area contributed by atoms with E-state index in [-0.39, 0.29) is 6.04 Å². The number of hydrogen-bond donors (Lipinski definition) is 2. The van der Waals surface area contributed by atoms with Crippen LogP contribution in [0.5, 0.6) is 0 Å². The summed E-state index contributed by atoms with van der Waals surface area (Å²) in [7, 11) is 0. The van der Waals surface area contributed by atoms with Crippen LogP contribution in [-0.2, 0) is 6.42 Å². The number of hydrogen-bond acceptors (Lipinski definition) is 3. The number of benzene rings is 2. The Morgan fingerprint density at radius 2 is 1.85 bits per heavy atom. The molecular formula is C16H15ClN2S. The topological polar surface area (TPSA) is 38.0 Å². The van der Waals surface area contributed by atoms with Crippen molar-refractivity contribution in [3.8, 4) is 0 Å². The zero-order valence-electron chi connectivity index (χ0n) is 10.8. The number of thiophene rings is 1. The summed E-state index contributed by atoms with van der Waals surface area (Å²) >= 11 is 7.60. The van der Waals surface area contributed by atoms with Crippen molar-refractivity contribution in [2.75, 3.05) is 0 Å². The molecular weight excluding hydrogens is 288 g/mol. The Labute approximate surface area is 127 Å². The maximum atomic E-state index is 5.99. The van der Waals surface area contributed by atoms with E-state index in [9.17, 15) is 0 Å². The van der Waals surface area contributed by atoms with E-state index in [2.05, 4.69) is 54.0 Å². The van der Waals surface area contributed by atoms with Crippen molar-refractivity contribution in [1.29, 1.82) is 0 Å². The molecule has 0 aliphatic heterocycles. The number of halogens is 1. The minimum atomic E-state index is 0.0795. The monoisotopic (exact) mass is 302 g/mol. The van der Waals surface area contributed by atoms with Crippen molar-refractivity contribution in [3.05, 3.63) is 69.4 Å². The quantitative estimate of drug-likeness (QED) is 0.557. The van der Waals surface area contributed by atoms with Crippen LogP contribution < -0.4 is 11.3 Å². The van der Waals surface area contributed by atoms with Crippen molar-refractivity contribution in [2.45, 2.75) is 12.5 Å². The van der Waals surface area contributed by atoms with E-state index in [4.69, 9.17) is 17.4 Å². The van der Waals surface area contributed by atoms with Crippen LogP contribution in [0.15, 0.2) is 54.6 Å². The lowest BCUT2D eigenvalue weighted by Crippen LogP contribution is -2.29. The number of nitrogens with one attached hydrogen (secondary N) is 1. The van der Waals surface area contributed by atoms with Gasteiger partial charge in [-0.3, -0.25) is 11.3 Å². The van der Waals surface area contributed by atoms with Gasteiger partial charge in [-0.05, 0) is 28.5 Å². The summed E-state index contributed by atoms with van der Waals surface area (Å²) in [6, 6.07) is 18.7. The van der Waals surface area contributed by atoms with Gasteiger partial charge < -0.3 is 0 Å². The number of nitrogens with two attached hydrogens (primary N) is 1. The minimum Gasteiger partial charge on any atom is -0.271 e. The average molecular weight is 303 g/mol. The Balaban J connectivity index is 1.98. The standard InChI is InChI=1S/C16H15ClN2S/c17-16-9-8-12(20-16)10-15(19-18)14-7-3-5-11-4-1-2-6-13(11)14/h1-9,15,19H,10,18H2. The molecule has 20 heavy (non-hydrogen) atoms. The van der Waals surface area contributed by atoms with E-state index in [1.807, 2.05) is 6.07 Å². The molecule has 0 saturated heterocycles. The summed E-state index contributed by atoms with van der Waals surface area (Å²) < 4.78 is 0.814. The van der Waals surface area contributed by atoms with Gasteiger partial charge in [0.1, 0.15) is 0 Å². The van der Waals surface area contributed by atoms with Crippen molar-refractivity contribution in [2.24, 2.45) is 5.84 Å². The first-order valence-electron chi connectivity index (χ1n) is 6.46. The van der Waals surface area contributed by atoms with Gasteiger partial charge in [0.15, 0.2) is 0 Å². The molecule has 102 valence electrons. The fourth-order valence-corrected chi connectivity index (χ4v) is 3.61. The maximum Gasteiger partial charge on any atom is 0.0931 e. The molecule has 0 amide bonds. The number of fused-ring (bicyclic) bond motifs is 1. The van der Waals surface area contributed by atoms with Gasteiger partial charge in [-0.1, -0.05) is 54.1 Å². The largest absolute Gasteiger partial charge is 0.271 e. The van der Waals surface area contributed by atoms with Crippen LogP contribution in [0.4, 0.5) is 0 Å². The molecule has 3 rings (SSSR count). The third kappa shape index (κ3) is 2.72. The highest BCUT2D eigenvalue weighted by atomic mass is 35.5. The van der Waals surface area contributed by atoms with Gasteiger partial charge in [-0.25, -0.2) is 0 Å². The lowest BCUT2D eigenvalue weighted by atomic mass is 9.97. The Morgan fingerprint density at radius 1 is 1.05 bits per heavy atom. The Hall–Kier alpha value is -1.39. The first kappa shape index (κ1) is 13.6. The molecule has 3 N–H and O–H groups in total. The van der Waals surface area contributed by atoms with E-state index in [0.717, 1.165) is 10.8 Å². The molecule has 0 aliphatic carbocycles. The van der Waals surface area contributed by atoms with Crippen LogP contribution in [0.1, 0.15) is 16.5 Å². The molecule has 4 heteroatoms. The summed E-state index contributed by atoms with van der Waals surface area (Å²) in [6.45, 7) is 0. The van der Waals surface area contributed by atoms with Crippen LogP contribution in [0, 0.1) is 0 Å². The number of hydrazine groups is 1. The molecule has 2 aromatic carbocycles. The minimum absolute atomic E-state index is 0.0795. The molecule has 0 fully saturated rings. The summed E-state index contributed by atoms with van der Waals surface area (Å²) in [5.41, 5.74) is 4.15. The van der Waals surface area contributed by atoms with Crippen molar-refractivity contribution in [1.82, 2.24) is 5.43 Å². The zero-order valence-corrected chi connectivity index (χ0v) is 12.4. The molecule has 0 spiro atoms. The Bertz CT molecular complexity index is 718. The second kappa shape index (κ2) is 5.94.